The molecule has 1 fully saturated rings. The Morgan fingerprint density at radius 2 is 2.03 bits per heavy atom. The van der Waals surface area contributed by atoms with Crippen LogP contribution in [0.1, 0.15) is 46.5 Å². The smallest absolute Gasteiger partial charge is 0.292 e. The number of nitrogens with zero attached hydrogens (tertiary/aromatic N) is 3. The maximum atomic E-state index is 14.1. The molecule has 1 saturated heterocycles. The maximum absolute atomic E-state index is 14.1. The predicted octanol–water partition coefficient (Wildman–Crippen LogP) is 5.09. The van der Waals surface area contributed by atoms with E-state index in [9.17, 15) is 9.18 Å². The van der Waals surface area contributed by atoms with E-state index in [1.807, 2.05) is 24.3 Å². The fourth-order valence-electron chi connectivity index (χ4n) is 4.23. The minimum absolute atomic E-state index is 0.00345. The monoisotopic (exact) mass is 461 g/mol. The summed E-state index contributed by atoms with van der Waals surface area (Å²) in [5, 5.41) is 3.89. The Labute approximate surface area is 196 Å². The molecular weight excluding hydrogens is 437 g/mol. The molecule has 1 amide bonds. The number of benzene rings is 2. The van der Waals surface area contributed by atoms with Crippen LogP contribution < -0.4 is 4.74 Å². The zero-order chi connectivity index (χ0) is 23.5. The average Bonchev–Trinajstić information content (AvgIpc) is 3.55. The number of halogens is 1. The second kappa shape index (κ2) is 9.51. The number of carbonyl (C=O) groups is 1. The highest BCUT2D eigenvalue weighted by Crippen LogP contribution is 2.29. The van der Waals surface area contributed by atoms with E-state index >= 15 is 0 Å². The summed E-state index contributed by atoms with van der Waals surface area (Å²) < 4.78 is 30.5. The minimum Gasteiger partial charge on any atom is -0.497 e. The Kier molecular flexibility index (Phi) is 6.12. The van der Waals surface area contributed by atoms with E-state index in [4.69, 9.17) is 13.7 Å². The molecule has 0 saturated carbocycles. The number of carbonyl (C=O) groups excluding carboxylic acids is 1. The first-order valence-corrected chi connectivity index (χ1v) is 11.2. The molecule has 0 N–H and O–H groups in total. The Hall–Kier alpha value is -3.94. The van der Waals surface area contributed by atoms with Crippen molar-refractivity contribution < 1.29 is 22.9 Å². The van der Waals surface area contributed by atoms with Crippen molar-refractivity contribution in [1.29, 1.82) is 0 Å². The SMILES string of the molecule is COc1ccc(Cc2cnc([C@H]3CCCN(C(=O)c4cc(-c5ccccc5F)no4)C3)o2)cc1. The quantitative estimate of drug-likeness (QED) is 0.398. The number of amides is 1. The van der Waals surface area contributed by atoms with E-state index < -0.39 is 5.82 Å². The number of hydrogen-bond acceptors (Lipinski definition) is 6. The highest BCUT2D eigenvalue weighted by Gasteiger charge is 2.30. The molecule has 0 spiro atoms. The van der Waals surface area contributed by atoms with Gasteiger partial charge in [0.25, 0.3) is 5.91 Å². The van der Waals surface area contributed by atoms with Crippen LogP contribution in [0.4, 0.5) is 4.39 Å². The van der Waals surface area contributed by atoms with Crippen LogP contribution in [0, 0.1) is 5.82 Å². The lowest BCUT2D eigenvalue weighted by Crippen LogP contribution is -2.39. The normalized spacial score (nSPS) is 15.9. The molecule has 1 atom stereocenters. The summed E-state index contributed by atoms with van der Waals surface area (Å²) >= 11 is 0. The maximum Gasteiger partial charge on any atom is 0.292 e. The summed E-state index contributed by atoms with van der Waals surface area (Å²) in [5.74, 6) is 1.61. The number of hydrogen-bond donors (Lipinski definition) is 0. The number of oxazole rings is 1. The van der Waals surface area contributed by atoms with Gasteiger partial charge in [0.05, 0.1) is 19.2 Å². The molecule has 34 heavy (non-hydrogen) atoms. The molecule has 4 aromatic rings. The van der Waals surface area contributed by atoms with Crippen molar-refractivity contribution in [2.24, 2.45) is 0 Å². The van der Waals surface area contributed by atoms with Gasteiger partial charge < -0.3 is 18.6 Å². The van der Waals surface area contributed by atoms with Crippen LogP contribution in [0.2, 0.25) is 0 Å². The Balaban J connectivity index is 1.25. The molecule has 0 bridgehead atoms. The number of likely N-dealkylation sites (tertiary alicyclic amines) is 1. The molecule has 2 aromatic carbocycles. The van der Waals surface area contributed by atoms with Gasteiger partial charge in [-0.15, -0.1) is 0 Å². The largest absolute Gasteiger partial charge is 0.497 e. The van der Waals surface area contributed by atoms with Crippen LogP contribution in [0.3, 0.4) is 0 Å². The Morgan fingerprint density at radius 1 is 1.21 bits per heavy atom. The van der Waals surface area contributed by atoms with Crippen LogP contribution in [0.5, 0.6) is 5.75 Å². The van der Waals surface area contributed by atoms with Crippen LogP contribution >= 0.6 is 0 Å². The van der Waals surface area contributed by atoms with Gasteiger partial charge in [0.1, 0.15) is 23.0 Å². The lowest BCUT2D eigenvalue weighted by atomic mass is 9.97. The van der Waals surface area contributed by atoms with Gasteiger partial charge in [0, 0.05) is 31.1 Å². The van der Waals surface area contributed by atoms with Gasteiger partial charge in [-0.25, -0.2) is 9.37 Å². The second-order valence-corrected chi connectivity index (χ2v) is 8.34. The van der Waals surface area contributed by atoms with Crippen molar-refractivity contribution in [2.75, 3.05) is 20.2 Å². The number of methoxy groups -OCH3 is 1. The van der Waals surface area contributed by atoms with Crippen molar-refractivity contribution in [3.05, 3.63) is 89.6 Å². The first-order chi connectivity index (χ1) is 16.6. The second-order valence-electron chi connectivity index (χ2n) is 8.34. The van der Waals surface area contributed by atoms with Gasteiger partial charge in [-0.3, -0.25) is 4.79 Å². The first-order valence-electron chi connectivity index (χ1n) is 11.2. The predicted molar refractivity (Wildman–Crippen MR) is 122 cm³/mol. The average molecular weight is 461 g/mol. The van der Waals surface area contributed by atoms with Crippen molar-refractivity contribution in [3.63, 3.8) is 0 Å². The molecule has 2 aromatic heterocycles. The third-order valence-corrected chi connectivity index (χ3v) is 6.04. The molecule has 0 radical (unpaired) electrons. The fourth-order valence-corrected chi connectivity index (χ4v) is 4.23. The van der Waals surface area contributed by atoms with Crippen molar-refractivity contribution in [1.82, 2.24) is 15.0 Å². The topological polar surface area (TPSA) is 81.6 Å². The third-order valence-electron chi connectivity index (χ3n) is 6.04. The van der Waals surface area contributed by atoms with E-state index in [0.717, 1.165) is 29.9 Å². The molecule has 1 aliphatic heterocycles. The Morgan fingerprint density at radius 3 is 2.82 bits per heavy atom. The molecule has 7 nitrogen and oxygen atoms in total. The van der Waals surface area contributed by atoms with Crippen LogP contribution in [0.15, 0.2) is 69.7 Å². The summed E-state index contributed by atoms with van der Waals surface area (Å²) in [6.45, 7) is 1.07. The zero-order valence-electron chi connectivity index (χ0n) is 18.7. The highest BCUT2D eigenvalue weighted by molar-refractivity contribution is 5.92. The van der Waals surface area contributed by atoms with Gasteiger partial charge in [-0.05, 0) is 42.7 Å². The molecule has 5 rings (SSSR count). The van der Waals surface area contributed by atoms with E-state index in [1.165, 1.54) is 12.1 Å². The van der Waals surface area contributed by atoms with Crippen molar-refractivity contribution >= 4 is 5.91 Å². The molecule has 3 heterocycles. The van der Waals surface area contributed by atoms with Crippen molar-refractivity contribution in [2.45, 2.75) is 25.2 Å². The van der Waals surface area contributed by atoms with E-state index in [-0.39, 0.29) is 17.6 Å². The molecule has 0 aliphatic carbocycles. The lowest BCUT2D eigenvalue weighted by molar-refractivity contribution is 0.0656. The molecule has 8 heteroatoms. The van der Waals surface area contributed by atoms with Crippen LogP contribution in [0.25, 0.3) is 11.3 Å². The summed E-state index contributed by atoms with van der Waals surface area (Å²) in [5.41, 5.74) is 1.69. The first kappa shape index (κ1) is 21.9. The van der Waals surface area contributed by atoms with Gasteiger partial charge >= 0.3 is 0 Å². The lowest BCUT2D eigenvalue weighted by Gasteiger charge is -2.30. The fraction of sp³-hybridized carbons (Fsp3) is 0.269. The van der Waals surface area contributed by atoms with Gasteiger partial charge in [0.2, 0.25) is 5.76 Å². The number of piperidine rings is 1. The third kappa shape index (κ3) is 4.57. The van der Waals surface area contributed by atoms with Crippen LogP contribution in [-0.2, 0) is 6.42 Å². The van der Waals surface area contributed by atoms with E-state index in [0.29, 0.717) is 36.7 Å². The van der Waals surface area contributed by atoms with Crippen LogP contribution in [-0.4, -0.2) is 41.1 Å². The molecule has 1 aliphatic rings. The van der Waals surface area contributed by atoms with E-state index in [2.05, 4.69) is 10.1 Å². The van der Waals surface area contributed by atoms with Crippen molar-refractivity contribution in [3.8, 4) is 17.0 Å². The van der Waals surface area contributed by atoms with E-state index in [1.54, 1.807) is 36.4 Å². The summed E-state index contributed by atoms with van der Waals surface area (Å²) in [6.07, 6.45) is 4.07. The summed E-state index contributed by atoms with van der Waals surface area (Å²) in [4.78, 5) is 19.2. The molecule has 0 unspecified atom stereocenters. The number of rotatable bonds is 6. The summed E-state index contributed by atoms with van der Waals surface area (Å²) in [6, 6.07) is 15.6. The van der Waals surface area contributed by atoms with Gasteiger partial charge in [0.15, 0.2) is 5.89 Å². The number of ether oxygens (including phenoxy) is 1. The zero-order valence-corrected chi connectivity index (χ0v) is 18.7. The Bertz CT molecular complexity index is 1280. The molecule has 174 valence electrons. The summed E-state index contributed by atoms with van der Waals surface area (Å²) in [7, 11) is 1.64. The standard InChI is InChI=1S/C26H24FN3O4/c1-32-19-10-8-17(9-11-19)13-20-15-28-25(33-20)18-5-4-12-30(16-18)26(31)24-14-23(29-34-24)21-6-2-3-7-22(21)27/h2-3,6-11,14-15,18H,4-5,12-13,16H2,1H3/t18-/m0/s1. The van der Waals surface area contributed by atoms with Gasteiger partial charge in [-0.1, -0.05) is 29.4 Å². The minimum atomic E-state index is -0.415. The highest BCUT2D eigenvalue weighted by atomic mass is 19.1. The molecular formula is C26H24FN3O4. The number of aromatic nitrogens is 2. The van der Waals surface area contributed by atoms with Gasteiger partial charge in [-0.2, -0.15) is 0 Å².